The molecule has 0 amide bonds. The first-order valence-electron chi connectivity index (χ1n) is 9.57. The summed E-state index contributed by atoms with van der Waals surface area (Å²) < 4.78 is 36.3. The zero-order chi connectivity index (χ0) is 19.1. The summed E-state index contributed by atoms with van der Waals surface area (Å²) in [6.45, 7) is 3.53. The third-order valence-corrected chi connectivity index (χ3v) is 6.78. The van der Waals surface area contributed by atoms with Crippen LogP contribution in [-0.2, 0) is 19.3 Å². The third-order valence-electron chi connectivity index (χ3n) is 4.96. The maximum absolute atomic E-state index is 12.3. The lowest BCUT2D eigenvalue weighted by atomic mass is 10.1. The van der Waals surface area contributed by atoms with E-state index in [4.69, 9.17) is 9.47 Å². The Bertz CT molecular complexity index is 724. The molecule has 0 aromatic heterocycles. The van der Waals surface area contributed by atoms with Gasteiger partial charge < -0.3 is 19.7 Å². The van der Waals surface area contributed by atoms with Crippen LogP contribution in [0.15, 0.2) is 40.2 Å². The van der Waals surface area contributed by atoms with E-state index in [1.807, 2.05) is 6.07 Å². The van der Waals surface area contributed by atoms with Gasteiger partial charge in [0, 0.05) is 33.3 Å². The number of rotatable bonds is 6. The molecule has 2 aliphatic rings. The van der Waals surface area contributed by atoms with E-state index in [-0.39, 0.29) is 41.9 Å². The number of hydrogen-bond acceptors (Lipinski definition) is 5. The van der Waals surface area contributed by atoms with Crippen molar-refractivity contribution in [3.63, 3.8) is 0 Å². The number of hydrogen-bond donors (Lipinski definition) is 1. The van der Waals surface area contributed by atoms with Gasteiger partial charge in [-0.1, -0.05) is 18.2 Å². The van der Waals surface area contributed by atoms with Crippen molar-refractivity contribution in [3.05, 3.63) is 30.3 Å². The smallest absolute Gasteiger partial charge is 0.193 e. The summed E-state index contributed by atoms with van der Waals surface area (Å²) in [7, 11) is -1.49. The van der Waals surface area contributed by atoms with Crippen molar-refractivity contribution >= 4 is 39.8 Å². The number of morpholine rings is 1. The van der Waals surface area contributed by atoms with E-state index < -0.39 is 9.84 Å². The Morgan fingerprint density at radius 1 is 1.21 bits per heavy atom. The van der Waals surface area contributed by atoms with Gasteiger partial charge in [0.1, 0.15) is 6.10 Å². The molecular formula is C19H30IN3O4S. The minimum Gasteiger partial charge on any atom is -0.375 e. The average Bonchev–Trinajstić information content (AvgIpc) is 3.24. The van der Waals surface area contributed by atoms with Crippen LogP contribution < -0.4 is 5.32 Å². The Morgan fingerprint density at radius 3 is 2.64 bits per heavy atom. The molecule has 2 unspecified atom stereocenters. The van der Waals surface area contributed by atoms with Gasteiger partial charge in [0.25, 0.3) is 0 Å². The van der Waals surface area contributed by atoms with Gasteiger partial charge in [-0.15, -0.1) is 24.0 Å². The van der Waals surface area contributed by atoms with Crippen molar-refractivity contribution in [3.8, 4) is 0 Å². The summed E-state index contributed by atoms with van der Waals surface area (Å²) in [5.41, 5.74) is 0. The molecule has 0 radical (unpaired) electrons. The lowest BCUT2D eigenvalue weighted by Crippen LogP contribution is -2.53. The first-order valence-corrected chi connectivity index (χ1v) is 11.2. The molecule has 0 saturated carbocycles. The third kappa shape index (κ3) is 6.30. The average molecular weight is 523 g/mol. The van der Waals surface area contributed by atoms with Crippen molar-refractivity contribution in [2.45, 2.75) is 36.4 Å². The summed E-state index contributed by atoms with van der Waals surface area (Å²) in [4.78, 5) is 6.90. The fourth-order valence-corrected chi connectivity index (χ4v) is 4.86. The number of guanidine groups is 1. The highest BCUT2D eigenvalue weighted by Crippen LogP contribution is 2.21. The van der Waals surface area contributed by atoms with Crippen LogP contribution in [0.3, 0.4) is 0 Å². The molecule has 0 aliphatic carbocycles. The molecule has 2 atom stereocenters. The van der Waals surface area contributed by atoms with Crippen LogP contribution >= 0.6 is 24.0 Å². The Kier molecular flexibility index (Phi) is 9.45. The number of aliphatic imine (C=N–C) groups is 1. The van der Waals surface area contributed by atoms with Crippen molar-refractivity contribution in [2.24, 2.45) is 4.99 Å². The minimum absolute atomic E-state index is 0. The van der Waals surface area contributed by atoms with E-state index in [0.29, 0.717) is 24.5 Å². The van der Waals surface area contributed by atoms with Crippen molar-refractivity contribution in [1.29, 1.82) is 0 Å². The molecule has 3 rings (SSSR count). The van der Waals surface area contributed by atoms with E-state index in [1.165, 1.54) is 0 Å². The van der Waals surface area contributed by atoms with Crippen LogP contribution in [0, 0.1) is 0 Å². The molecular weight excluding hydrogens is 493 g/mol. The number of benzene rings is 1. The molecule has 2 heterocycles. The van der Waals surface area contributed by atoms with Gasteiger partial charge in [0.15, 0.2) is 15.8 Å². The Labute approximate surface area is 184 Å². The first kappa shape index (κ1) is 23.4. The molecule has 0 spiro atoms. The largest absolute Gasteiger partial charge is 0.375 e. The minimum atomic E-state index is -3.24. The zero-order valence-electron chi connectivity index (χ0n) is 16.2. The molecule has 1 aromatic rings. The number of nitrogens with zero attached hydrogens (tertiary/aromatic N) is 2. The Hall–Kier alpha value is -0.910. The van der Waals surface area contributed by atoms with E-state index in [2.05, 4.69) is 15.2 Å². The molecule has 1 N–H and O–H groups in total. The van der Waals surface area contributed by atoms with Gasteiger partial charge in [-0.3, -0.25) is 4.99 Å². The van der Waals surface area contributed by atoms with Gasteiger partial charge in [0.05, 0.1) is 23.4 Å². The van der Waals surface area contributed by atoms with E-state index in [1.54, 1.807) is 31.3 Å². The van der Waals surface area contributed by atoms with Gasteiger partial charge in [-0.2, -0.15) is 0 Å². The van der Waals surface area contributed by atoms with Crippen molar-refractivity contribution in [1.82, 2.24) is 10.2 Å². The normalized spacial score (nSPS) is 23.3. The molecule has 1 aromatic carbocycles. The Morgan fingerprint density at radius 2 is 1.96 bits per heavy atom. The summed E-state index contributed by atoms with van der Waals surface area (Å²) in [6, 6.07) is 8.59. The molecule has 2 aliphatic heterocycles. The molecule has 28 heavy (non-hydrogen) atoms. The quantitative estimate of drug-likeness (QED) is 0.266. The maximum Gasteiger partial charge on any atom is 0.193 e. The summed E-state index contributed by atoms with van der Waals surface area (Å²) in [5.74, 6) is 0.904. The van der Waals surface area contributed by atoms with Gasteiger partial charge in [-0.05, 0) is 31.4 Å². The predicted octanol–water partition coefficient (Wildman–Crippen LogP) is 1.92. The van der Waals surface area contributed by atoms with Crippen LogP contribution in [0.1, 0.15) is 19.3 Å². The number of halogens is 1. The second kappa shape index (κ2) is 11.3. The summed E-state index contributed by atoms with van der Waals surface area (Å²) in [5, 5.41) is 3.29. The predicted molar refractivity (Wildman–Crippen MR) is 120 cm³/mol. The number of sulfone groups is 1. The SMILES string of the molecule is CN=C(NCCCS(=O)(=O)c1ccccc1)N1CCOC(C2CCCO2)C1.I. The fourth-order valence-electron chi connectivity index (χ4n) is 3.53. The van der Waals surface area contributed by atoms with Gasteiger partial charge >= 0.3 is 0 Å². The van der Waals surface area contributed by atoms with Crippen LogP contribution in [0.2, 0.25) is 0 Å². The standard InChI is InChI=1S/C19H29N3O4S.HI/c1-20-19(22-11-13-26-18(15-22)17-9-5-12-25-17)21-10-6-14-27(23,24)16-7-3-2-4-8-16;/h2-4,7-8,17-18H,5-6,9-15H2,1H3,(H,20,21);1H. The monoisotopic (exact) mass is 523 g/mol. The molecule has 0 bridgehead atoms. The van der Waals surface area contributed by atoms with Crippen LogP contribution in [0.5, 0.6) is 0 Å². The molecule has 2 fully saturated rings. The first-order chi connectivity index (χ1) is 13.1. The fraction of sp³-hybridized carbons (Fsp3) is 0.632. The van der Waals surface area contributed by atoms with Crippen molar-refractivity contribution < 1.29 is 17.9 Å². The van der Waals surface area contributed by atoms with Crippen LogP contribution in [0.25, 0.3) is 0 Å². The highest BCUT2D eigenvalue weighted by molar-refractivity contribution is 14.0. The van der Waals surface area contributed by atoms with E-state index in [0.717, 1.165) is 38.5 Å². The second-order valence-corrected chi connectivity index (χ2v) is 8.98. The van der Waals surface area contributed by atoms with Gasteiger partial charge in [-0.25, -0.2) is 8.42 Å². The maximum atomic E-state index is 12.3. The Balaban J connectivity index is 0.00000280. The molecule has 9 heteroatoms. The summed E-state index contributed by atoms with van der Waals surface area (Å²) >= 11 is 0. The van der Waals surface area contributed by atoms with Crippen LogP contribution in [-0.4, -0.2) is 77.1 Å². The van der Waals surface area contributed by atoms with Crippen LogP contribution in [0.4, 0.5) is 0 Å². The lowest BCUT2D eigenvalue weighted by molar-refractivity contribution is -0.0816. The second-order valence-electron chi connectivity index (χ2n) is 6.87. The highest BCUT2D eigenvalue weighted by atomic mass is 127. The van der Waals surface area contributed by atoms with E-state index >= 15 is 0 Å². The molecule has 2 saturated heterocycles. The van der Waals surface area contributed by atoms with Gasteiger partial charge in [0.2, 0.25) is 0 Å². The highest BCUT2D eigenvalue weighted by Gasteiger charge is 2.32. The molecule has 7 nitrogen and oxygen atoms in total. The zero-order valence-corrected chi connectivity index (χ0v) is 19.4. The van der Waals surface area contributed by atoms with Crippen molar-refractivity contribution in [2.75, 3.05) is 45.6 Å². The number of nitrogens with one attached hydrogen (secondary N) is 1. The number of ether oxygens (including phenoxy) is 2. The summed E-state index contributed by atoms with van der Waals surface area (Å²) in [6.07, 6.45) is 2.89. The topological polar surface area (TPSA) is 80.2 Å². The lowest BCUT2D eigenvalue weighted by Gasteiger charge is -2.37. The van der Waals surface area contributed by atoms with E-state index in [9.17, 15) is 8.42 Å². The molecule has 158 valence electrons.